The van der Waals surface area contributed by atoms with Crippen LogP contribution in [0, 0.1) is 0 Å². The Balaban J connectivity index is 1.88. The molecule has 1 aromatic rings. The summed E-state index contributed by atoms with van der Waals surface area (Å²) in [5.74, 6) is -0.204. The van der Waals surface area contributed by atoms with Gasteiger partial charge in [0.25, 0.3) is 5.91 Å². The maximum atomic E-state index is 12.4. The summed E-state index contributed by atoms with van der Waals surface area (Å²) in [6.45, 7) is 6.21. The first-order valence-corrected chi connectivity index (χ1v) is 9.85. The molecule has 1 amide bonds. The van der Waals surface area contributed by atoms with E-state index in [2.05, 4.69) is 5.32 Å². The Kier molecular flexibility index (Phi) is 6.77. The minimum Gasteiger partial charge on any atom is -0.379 e. The van der Waals surface area contributed by atoms with E-state index in [1.807, 2.05) is 13.8 Å². The van der Waals surface area contributed by atoms with Crippen molar-refractivity contribution in [3.05, 3.63) is 29.8 Å². The number of carbonyl (C=O) groups is 1. The third-order valence-electron chi connectivity index (χ3n) is 3.88. The van der Waals surface area contributed by atoms with Gasteiger partial charge >= 0.3 is 0 Å². The van der Waals surface area contributed by atoms with Gasteiger partial charge in [-0.05, 0) is 57.4 Å². The first-order chi connectivity index (χ1) is 11.4. The van der Waals surface area contributed by atoms with Crippen LogP contribution in [-0.4, -0.2) is 51.0 Å². The second-order valence-corrected chi connectivity index (χ2v) is 8.10. The quantitative estimate of drug-likeness (QED) is 0.725. The molecule has 1 fully saturated rings. The zero-order valence-electron chi connectivity index (χ0n) is 14.3. The molecular weight excluding hydrogens is 328 g/mol. The van der Waals surface area contributed by atoms with Crippen molar-refractivity contribution in [2.24, 2.45) is 0 Å². The average molecular weight is 354 g/mol. The maximum absolute atomic E-state index is 12.4. The monoisotopic (exact) mass is 354 g/mol. The molecular formula is C17H26N2O4S. The lowest BCUT2D eigenvalue weighted by Gasteiger charge is -2.15. The molecule has 1 heterocycles. The molecule has 134 valence electrons. The second kappa shape index (κ2) is 8.60. The first-order valence-electron chi connectivity index (χ1n) is 8.41. The number of amides is 1. The summed E-state index contributed by atoms with van der Waals surface area (Å²) in [5.41, 5.74) is 0.458. The summed E-state index contributed by atoms with van der Waals surface area (Å²) in [6, 6.07) is 6.13. The molecule has 0 bridgehead atoms. The average Bonchev–Trinajstić information content (AvgIpc) is 3.09. The van der Waals surface area contributed by atoms with Gasteiger partial charge in [0.2, 0.25) is 10.0 Å². The Labute approximate surface area is 144 Å². The fourth-order valence-corrected chi connectivity index (χ4v) is 4.07. The number of ether oxygens (including phenoxy) is 1. The van der Waals surface area contributed by atoms with E-state index in [0.29, 0.717) is 31.8 Å². The zero-order valence-corrected chi connectivity index (χ0v) is 15.1. The van der Waals surface area contributed by atoms with Gasteiger partial charge in [-0.1, -0.05) is 0 Å². The van der Waals surface area contributed by atoms with Crippen LogP contribution in [0.15, 0.2) is 29.2 Å². The highest BCUT2D eigenvalue weighted by molar-refractivity contribution is 7.89. The van der Waals surface area contributed by atoms with Crippen molar-refractivity contribution in [1.82, 2.24) is 9.62 Å². The molecule has 0 atom stereocenters. The first kappa shape index (κ1) is 18.9. The number of nitrogens with zero attached hydrogens (tertiary/aromatic N) is 1. The molecule has 2 rings (SSSR count). The minimum atomic E-state index is -3.43. The summed E-state index contributed by atoms with van der Waals surface area (Å²) in [7, 11) is -3.43. The standard InChI is InChI=1S/C17H26N2O4S/c1-14(2)23-13-5-10-18-17(20)15-6-8-16(9-7-15)24(21,22)19-11-3-4-12-19/h6-9,14H,3-5,10-13H2,1-2H3,(H,18,20). The highest BCUT2D eigenvalue weighted by atomic mass is 32.2. The summed E-state index contributed by atoms with van der Waals surface area (Å²) in [4.78, 5) is 12.3. The van der Waals surface area contributed by atoms with E-state index in [4.69, 9.17) is 4.74 Å². The SMILES string of the molecule is CC(C)OCCCNC(=O)c1ccc(S(=O)(=O)N2CCCC2)cc1. The predicted octanol–water partition coefficient (Wildman–Crippen LogP) is 2.02. The van der Waals surface area contributed by atoms with Crippen LogP contribution in [0.25, 0.3) is 0 Å². The lowest BCUT2D eigenvalue weighted by molar-refractivity contribution is 0.0757. The second-order valence-electron chi connectivity index (χ2n) is 6.16. The number of nitrogens with one attached hydrogen (secondary N) is 1. The molecule has 1 aliphatic rings. The fourth-order valence-electron chi connectivity index (χ4n) is 2.55. The van der Waals surface area contributed by atoms with E-state index in [1.54, 1.807) is 12.1 Å². The van der Waals surface area contributed by atoms with Crippen LogP contribution in [0.3, 0.4) is 0 Å². The third-order valence-corrected chi connectivity index (χ3v) is 5.79. The van der Waals surface area contributed by atoms with Gasteiger partial charge in [0.05, 0.1) is 11.0 Å². The van der Waals surface area contributed by atoms with Gasteiger partial charge in [0.1, 0.15) is 0 Å². The van der Waals surface area contributed by atoms with E-state index in [-0.39, 0.29) is 16.9 Å². The van der Waals surface area contributed by atoms with E-state index >= 15 is 0 Å². The van der Waals surface area contributed by atoms with Crippen molar-refractivity contribution >= 4 is 15.9 Å². The van der Waals surface area contributed by atoms with Crippen molar-refractivity contribution in [3.63, 3.8) is 0 Å². The van der Waals surface area contributed by atoms with Crippen LogP contribution in [0.5, 0.6) is 0 Å². The van der Waals surface area contributed by atoms with Gasteiger partial charge < -0.3 is 10.1 Å². The number of rotatable bonds is 8. The molecule has 1 N–H and O–H groups in total. The normalized spacial score (nSPS) is 15.8. The maximum Gasteiger partial charge on any atom is 0.251 e. The van der Waals surface area contributed by atoms with E-state index in [1.165, 1.54) is 16.4 Å². The smallest absolute Gasteiger partial charge is 0.251 e. The molecule has 1 aromatic carbocycles. The van der Waals surface area contributed by atoms with Crippen LogP contribution in [0.1, 0.15) is 43.5 Å². The lowest BCUT2D eigenvalue weighted by Crippen LogP contribution is -2.28. The third kappa shape index (κ3) is 5.03. The molecule has 1 aliphatic heterocycles. The number of hydrogen-bond donors (Lipinski definition) is 1. The molecule has 24 heavy (non-hydrogen) atoms. The largest absolute Gasteiger partial charge is 0.379 e. The van der Waals surface area contributed by atoms with Crippen LogP contribution in [-0.2, 0) is 14.8 Å². The molecule has 7 heteroatoms. The van der Waals surface area contributed by atoms with Crippen molar-refractivity contribution in [2.45, 2.75) is 44.1 Å². The van der Waals surface area contributed by atoms with Gasteiger partial charge in [-0.2, -0.15) is 4.31 Å². The lowest BCUT2D eigenvalue weighted by atomic mass is 10.2. The van der Waals surface area contributed by atoms with Gasteiger partial charge in [0, 0.05) is 31.8 Å². The minimum absolute atomic E-state index is 0.186. The summed E-state index contributed by atoms with van der Waals surface area (Å²) in [5, 5.41) is 2.81. The zero-order chi connectivity index (χ0) is 17.6. The topological polar surface area (TPSA) is 75.7 Å². The molecule has 0 unspecified atom stereocenters. The number of sulfonamides is 1. The highest BCUT2D eigenvalue weighted by Crippen LogP contribution is 2.21. The van der Waals surface area contributed by atoms with Gasteiger partial charge in [-0.15, -0.1) is 0 Å². The van der Waals surface area contributed by atoms with Crippen molar-refractivity contribution in [2.75, 3.05) is 26.2 Å². The molecule has 0 radical (unpaired) electrons. The van der Waals surface area contributed by atoms with Crippen LogP contribution in [0.4, 0.5) is 0 Å². The van der Waals surface area contributed by atoms with Crippen LogP contribution >= 0.6 is 0 Å². The number of benzene rings is 1. The molecule has 0 aliphatic carbocycles. The van der Waals surface area contributed by atoms with E-state index in [0.717, 1.165) is 19.3 Å². The molecule has 0 saturated carbocycles. The van der Waals surface area contributed by atoms with Crippen molar-refractivity contribution < 1.29 is 17.9 Å². The fraction of sp³-hybridized carbons (Fsp3) is 0.588. The van der Waals surface area contributed by atoms with Gasteiger partial charge in [0.15, 0.2) is 0 Å². The molecule has 0 spiro atoms. The Morgan fingerprint density at radius 3 is 2.42 bits per heavy atom. The van der Waals surface area contributed by atoms with Crippen LogP contribution in [0.2, 0.25) is 0 Å². The summed E-state index contributed by atoms with van der Waals surface area (Å²) < 4.78 is 31.8. The summed E-state index contributed by atoms with van der Waals surface area (Å²) >= 11 is 0. The molecule has 0 aromatic heterocycles. The Morgan fingerprint density at radius 1 is 1.21 bits per heavy atom. The summed E-state index contributed by atoms with van der Waals surface area (Å²) in [6.07, 6.45) is 2.73. The number of carbonyl (C=O) groups excluding carboxylic acids is 1. The van der Waals surface area contributed by atoms with Gasteiger partial charge in [-0.25, -0.2) is 8.42 Å². The molecule has 6 nitrogen and oxygen atoms in total. The van der Waals surface area contributed by atoms with E-state index in [9.17, 15) is 13.2 Å². The Bertz CT molecular complexity index is 635. The number of hydrogen-bond acceptors (Lipinski definition) is 4. The van der Waals surface area contributed by atoms with Crippen molar-refractivity contribution in [1.29, 1.82) is 0 Å². The predicted molar refractivity (Wildman–Crippen MR) is 92.5 cm³/mol. The van der Waals surface area contributed by atoms with Gasteiger partial charge in [-0.3, -0.25) is 4.79 Å². The Hall–Kier alpha value is -1.44. The molecule has 1 saturated heterocycles. The van der Waals surface area contributed by atoms with Crippen LogP contribution < -0.4 is 5.32 Å². The van der Waals surface area contributed by atoms with E-state index < -0.39 is 10.0 Å². The van der Waals surface area contributed by atoms with Crippen molar-refractivity contribution in [3.8, 4) is 0 Å². The Morgan fingerprint density at radius 2 is 1.83 bits per heavy atom. The highest BCUT2D eigenvalue weighted by Gasteiger charge is 2.27.